The molecule has 0 bridgehead atoms. The molecule has 0 aliphatic rings. The molecule has 0 spiro atoms. The quantitative estimate of drug-likeness (QED) is 0.692. The summed E-state index contributed by atoms with van der Waals surface area (Å²) in [7, 11) is 2.03. The van der Waals surface area contributed by atoms with Crippen LogP contribution in [-0.2, 0) is 7.05 Å². The Morgan fingerprint density at radius 3 is 2.68 bits per heavy atom. The summed E-state index contributed by atoms with van der Waals surface area (Å²) in [6.07, 6.45) is 0. The Morgan fingerprint density at radius 1 is 1.16 bits per heavy atom. The first-order valence-electron chi connectivity index (χ1n) is 6.05. The first kappa shape index (κ1) is 12.2. The Kier molecular flexibility index (Phi) is 2.82. The second kappa shape index (κ2) is 4.38. The molecule has 0 aliphatic heterocycles. The Balaban J connectivity index is 2.24. The van der Waals surface area contributed by atoms with E-state index in [1.165, 1.54) is 0 Å². The summed E-state index contributed by atoms with van der Waals surface area (Å²) in [5.41, 5.74) is 10.9. The summed E-state index contributed by atoms with van der Waals surface area (Å²) in [6, 6.07) is 12.1. The third kappa shape index (κ3) is 2.02. The van der Waals surface area contributed by atoms with Crippen LogP contribution in [-0.4, -0.2) is 9.55 Å². The summed E-state index contributed by atoms with van der Waals surface area (Å²) >= 11 is 3.48. The third-order valence-corrected chi connectivity index (χ3v) is 3.86. The van der Waals surface area contributed by atoms with E-state index < -0.39 is 0 Å². The van der Waals surface area contributed by atoms with Crippen molar-refractivity contribution in [2.24, 2.45) is 7.05 Å². The number of benzene rings is 2. The molecule has 0 unspecified atom stereocenters. The van der Waals surface area contributed by atoms with Crippen molar-refractivity contribution in [2.75, 3.05) is 5.73 Å². The van der Waals surface area contributed by atoms with Gasteiger partial charge in [0, 0.05) is 22.8 Å². The number of fused-ring (bicyclic) bond motifs is 1. The molecule has 1 heterocycles. The number of nitrogen functional groups attached to an aromatic ring is 1. The van der Waals surface area contributed by atoms with E-state index in [2.05, 4.69) is 32.6 Å². The van der Waals surface area contributed by atoms with E-state index in [-0.39, 0.29) is 0 Å². The van der Waals surface area contributed by atoms with Gasteiger partial charge in [-0.3, -0.25) is 0 Å². The monoisotopic (exact) mass is 315 g/mol. The van der Waals surface area contributed by atoms with Gasteiger partial charge >= 0.3 is 0 Å². The fourth-order valence-corrected chi connectivity index (χ4v) is 2.59. The van der Waals surface area contributed by atoms with Gasteiger partial charge in [-0.1, -0.05) is 15.9 Å². The van der Waals surface area contributed by atoms with Crippen molar-refractivity contribution >= 4 is 32.7 Å². The van der Waals surface area contributed by atoms with Crippen molar-refractivity contribution in [3.63, 3.8) is 0 Å². The van der Waals surface area contributed by atoms with Crippen LogP contribution in [0.15, 0.2) is 40.9 Å². The molecule has 0 amide bonds. The fourth-order valence-electron chi connectivity index (χ4n) is 2.25. The van der Waals surface area contributed by atoms with Crippen LogP contribution in [0.1, 0.15) is 5.56 Å². The first-order valence-corrected chi connectivity index (χ1v) is 6.84. The first-order chi connectivity index (χ1) is 9.06. The smallest absolute Gasteiger partial charge is 0.140 e. The zero-order chi connectivity index (χ0) is 13.6. The topological polar surface area (TPSA) is 43.8 Å². The van der Waals surface area contributed by atoms with Crippen molar-refractivity contribution in [1.29, 1.82) is 0 Å². The summed E-state index contributed by atoms with van der Waals surface area (Å²) in [5.74, 6) is 0.955. The molecule has 0 saturated heterocycles. The lowest BCUT2D eigenvalue weighted by Gasteiger charge is -2.05. The van der Waals surface area contributed by atoms with Gasteiger partial charge in [-0.15, -0.1) is 0 Å². The van der Waals surface area contributed by atoms with Crippen molar-refractivity contribution in [3.05, 3.63) is 46.4 Å². The standard InChI is InChI=1S/C15H14BrN3/c1-9-7-10(3-5-12(9)17)15-18-13-8-11(16)4-6-14(13)19(15)2/h3-8H,17H2,1-2H3. The second-order valence-electron chi connectivity index (χ2n) is 4.70. The van der Waals surface area contributed by atoms with E-state index in [0.29, 0.717) is 0 Å². The highest BCUT2D eigenvalue weighted by Gasteiger charge is 2.10. The molecule has 4 heteroatoms. The van der Waals surface area contributed by atoms with Gasteiger partial charge in [-0.2, -0.15) is 0 Å². The minimum absolute atomic E-state index is 0.810. The summed E-state index contributed by atoms with van der Waals surface area (Å²) in [6.45, 7) is 2.01. The van der Waals surface area contributed by atoms with E-state index in [1.807, 2.05) is 38.2 Å². The molecule has 0 atom stereocenters. The average molecular weight is 316 g/mol. The van der Waals surface area contributed by atoms with E-state index in [0.717, 1.165) is 38.1 Å². The molecule has 3 nitrogen and oxygen atoms in total. The number of aromatic nitrogens is 2. The number of halogens is 1. The lowest BCUT2D eigenvalue weighted by atomic mass is 10.1. The van der Waals surface area contributed by atoms with E-state index in [1.54, 1.807) is 0 Å². The molecule has 2 N–H and O–H groups in total. The predicted octanol–water partition coefficient (Wildman–Crippen LogP) is 3.89. The highest BCUT2D eigenvalue weighted by atomic mass is 79.9. The number of aryl methyl sites for hydroxylation is 2. The van der Waals surface area contributed by atoms with Gasteiger partial charge in [0.05, 0.1) is 11.0 Å². The number of rotatable bonds is 1. The number of imidazole rings is 1. The molecule has 0 aliphatic carbocycles. The fraction of sp³-hybridized carbons (Fsp3) is 0.133. The van der Waals surface area contributed by atoms with Gasteiger partial charge in [-0.05, 0) is 48.9 Å². The molecule has 3 rings (SSSR count). The van der Waals surface area contributed by atoms with E-state index in [9.17, 15) is 0 Å². The third-order valence-electron chi connectivity index (χ3n) is 3.37. The molecule has 19 heavy (non-hydrogen) atoms. The van der Waals surface area contributed by atoms with Crippen LogP contribution in [0.2, 0.25) is 0 Å². The summed E-state index contributed by atoms with van der Waals surface area (Å²) < 4.78 is 3.14. The number of nitrogens with two attached hydrogens (primary N) is 1. The molecule has 1 aromatic heterocycles. The van der Waals surface area contributed by atoms with Crippen LogP contribution in [0.4, 0.5) is 5.69 Å². The van der Waals surface area contributed by atoms with E-state index in [4.69, 9.17) is 10.7 Å². The Morgan fingerprint density at radius 2 is 1.95 bits per heavy atom. The highest BCUT2D eigenvalue weighted by molar-refractivity contribution is 9.10. The van der Waals surface area contributed by atoms with Gasteiger partial charge < -0.3 is 10.3 Å². The van der Waals surface area contributed by atoms with Crippen molar-refractivity contribution in [2.45, 2.75) is 6.92 Å². The predicted molar refractivity (Wildman–Crippen MR) is 83.0 cm³/mol. The maximum Gasteiger partial charge on any atom is 0.140 e. The van der Waals surface area contributed by atoms with Gasteiger partial charge in [0.25, 0.3) is 0 Å². The lowest BCUT2D eigenvalue weighted by molar-refractivity contribution is 0.959. The van der Waals surface area contributed by atoms with Crippen LogP contribution in [0.5, 0.6) is 0 Å². The van der Waals surface area contributed by atoms with Gasteiger partial charge in [0.15, 0.2) is 0 Å². The van der Waals surface area contributed by atoms with Gasteiger partial charge in [0.1, 0.15) is 5.82 Å². The Hall–Kier alpha value is -1.81. The lowest BCUT2D eigenvalue weighted by Crippen LogP contribution is -1.94. The number of nitrogens with zero attached hydrogens (tertiary/aromatic N) is 2. The minimum Gasteiger partial charge on any atom is -0.399 e. The Bertz CT molecular complexity index is 774. The molecule has 2 aromatic carbocycles. The van der Waals surface area contributed by atoms with Crippen molar-refractivity contribution in [3.8, 4) is 11.4 Å². The SMILES string of the molecule is Cc1cc(-c2nc3cc(Br)ccc3n2C)ccc1N. The summed E-state index contributed by atoms with van der Waals surface area (Å²) in [5, 5.41) is 0. The zero-order valence-corrected chi connectivity index (χ0v) is 12.4. The average Bonchev–Trinajstić information content (AvgIpc) is 2.70. The van der Waals surface area contributed by atoms with Crippen LogP contribution < -0.4 is 5.73 Å². The molecule has 0 radical (unpaired) electrons. The van der Waals surface area contributed by atoms with E-state index >= 15 is 0 Å². The number of anilines is 1. The molecular weight excluding hydrogens is 302 g/mol. The maximum absolute atomic E-state index is 5.87. The van der Waals surface area contributed by atoms with Crippen LogP contribution >= 0.6 is 15.9 Å². The second-order valence-corrected chi connectivity index (χ2v) is 5.61. The molecule has 0 fully saturated rings. The zero-order valence-electron chi connectivity index (χ0n) is 10.8. The van der Waals surface area contributed by atoms with Gasteiger partial charge in [-0.25, -0.2) is 4.98 Å². The van der Waals surface area contributed by atoms with Crippen LogP contribution in [0, 0.1) is 6.92 Å². The van der Waals surface area contributed by atoms with Crippen LogP contribution in [0.3, 0.4) is 0 Å². The molecule has 3 aromatic rings. The van der Waals surface area contributed by atoms with Crippen molar-refractivity contribution < 1.29 is 0 Å². The normalized spacial score (nSPS) is 11.1. The largest absolute Gasteiger partial charge is 0.399 e. The molecular formula is C15H14BrN3. The molecule has 96 valence electrons. The van der Waals surface area contributed by atoms with Crippen LogP contribution in [0.25, 0.3) is 22.4 Å². The Labute approximate surface area is 120 Å². The maximum atomic E-state index is 5.87. The molecule has 0 saturated carbocycles. The minimum atomic E-state index is 0.810. The summed E-state index contributed by atoms with van der Waals surface area (Å²) in [4.78, 5) is 4.71. The van der Waals surface area contributed by atoms with Crippen molar-refractivity contribution in [1.82, 2.24) is 9.55 Å². The number of hydrogen-bond acceptors (Lipinski definition) is 2. The highest BCUT2D eigenvalue weighted by Crippen LogP contribution is 2.27. The number of hydrogen-bond donors (Lipinski definition) is 1. The van der Waals surface area contributed by atoms with Gasteiger partial charge in [0.2, 0.25) is 0 Å².